The number of H-pyrrole nitrogens is 1. The molecule has 0 spiro atoms. The zero-order valence-electron chi connectivity index (χ0n) is 11.2. The number of aromatic carboxylic acids is 1. The Morgan fingerprint density at radius 2 is 2.14 bits per heavy atom. The van der Waals surface area contributed by atoms with Gasteiger partial charge >= 0.3 is 5.97 Å². The molecule has 0 atom stereocenters. The minimum atomic E-state index is -1.18. The molecule has 0 aliphatic rings. The molecule has 4 N–H and O–H groups in total. The van der Waals surface area contributed by atoms with Crippen molar-refractivity contribution in [1.82, 2.24) is 9.97 Å². The summed E-state index contributed by atoms with van der Waals surface area (Å²) < 4.78 is 5.32. The molecule has 0 fully saturated rings. The lowest BCUT2D eigenvalue weighted by Crippen LogP contribution is -2.07. The van der Waals surface area contributed by atoms with Gasteiger partial charge in [-0.25, -0.2) is 9.78 Å². The van der Waals surface area contributed by atoms with Gasteiger partial charge in [-0.1, -0.05) is 0 Å². The summed E-state index contributed by atoms with van der Waals surface area (Å²) in [6, 6.07) is 7.71. The van der Waals surface area contributed by atoms with E-state index in [1.165, 1.54) is 24.6 Å². The quantitative estimate of drug-likeness (QED) is 0.679. The summed E-state index contributed by atoms with van der Waals surface area (Å²) in [6.45, 7) is 0. The first kappa shape index (κ1) is 13.6. The van der Waals surface area contributed by atoms with Crippen molar-refractivity contribution in [2.24, 2.45) is 0 Å². The van der Waals surface area contributed by atoms with Crippen molar-refractivity contribution in [1.29, 1.82) is 0 Å². The van der Waals surface area contributed by atoms with Gasteiger partial charge in [-0.2, -0.15) is 0 Å². The molecular weight excluding hydrogens is 286 g/mol. The number of pyridine rings is 2. The Morgan fingerprint density at radius 1 is 1.32 bits per heavy atom. The molecule has 22 heavy (non-hydrogen) atoms. The Balaban J connectivity index is 2.29. The van der Waals surface area contributed by atoms with Gasteiger partial charge in [0.1, 0.15) is 17.1 Å². The van der Waals surface area contributed by atoms with Crippen LogP contribution in [0.5, 0.6) is 0 Å². The molecule has 3 aromatic heterocycles. The third-order valence-electron chi connectivity index (χ3n) is 3.13. The first-order valence-electron chi connectivity index (χ1n) is 6.33. The number of anilines is 1. The van der Waals surface area contributed by atoms with Crippen molar-refractivity contribution < 1.29 is 14.3 Å². The summed E-state index contributed by atoms with van der Waals surface area (Å²) in [6.07, 6.45) is 2.96. The molecule has 0 saturated heterocycles. The van der Waals surface area contributed by atoms with Crippen molar-refractivity contribution in [2.75, 3.05) is 5.73 Å². The Morgan fingerprint density at radius 3 is 2.73 bits per heavy atom. The third-order valence-corrected chi connectivity index (χ3v) is 3.13. The Hall–Kier alpha value is -3.35. The maximum absolute atomic E-state index is 11.3. The molecular formula is C15H11N3O4. The highest BCUT2D eigenvalue weighted by Gasteiger charge is 2.18. The molecule has 0 aliphatic heterocycles. The summed E-state index contributed by atoms with van der Waals surface area (Å²) >= 11 is 0. The molecule has 0 aliphatic carbocycles. The Kier molecular flexibility index (Phi) is 3.23. The van der Waals surface area contributed by atoms with Crippen molar-refractivity contribution >= 4 is 11.8 Å². The van der Waals surface area contributed by atoms with Crippen molar-refractivity contribution in [2.45, 2.75) is 0 Å². The van der Waals surface area contributed by atoms with Gasteiger partial charge in [0.25, 0.3) is 0 Å². The van der Waals surface area contributed by atoms with Crippen molar-refractivity contribution in [3.63, 3.8) is 0 Å². The zero-order valence-corrected chi connectivity index (χ0v) is 11.2. The van der Waals surface area contributed by atoms with E-state index in [1.54, 1.807) is 18.2 Å². The maximum Gasteiger partial charge on any atom is 0.339 e. The van der Waals surface area contributed by atoms with Gasteiger partial charge in [0.2, 0.25) is 5.56 Å². The minimum absolute atomic E-state index is 0.105. The number of rotatable bonds is 3. The third kappa shape index (κ3) is 2.35. The fourth-order valence-corrected chi connectivity index (χ4v) is 2.10. The second-order valence-corrected chi connectivity index (χ2v) is 4.54. The number of nitrogen functional groups attached to an aromatic ring is 1. The molecule has 0 saturated carbocycles. The van der Waals surface area contributed by atoms with E-state index in [0.717, 1.165) is 0 Å². The lowest BCUT2D eigenvalue weighted by Gasteiger charge is -2.10. The summed E-state index contributed by atoms with van der Waals surface area (Å²) in [4.78, 5) is 29.1. The van der Waals surface area contributed by atoms with Gasteiger partial charge in [0, 0.05) is 23.4 Å². The molecule has 0 amide bonds. The van der Waals surface area contributed by atoms with Crippen LogP contribution < -0.4 is 11.3 Å². The van der Waals surface area contributed by atoms with Crippen LogP contribution in [-0.4, -0.2) is 21.0 Å². The number of carboxylic acid groups (broad SMARTS) is 1. The molecule has 3 aromatic rings. The number of hydrogen-bond acceptors (Lipinski definition) is 5. The first-order valence-corrected chi connectivity index (χ1v) is 6.33. The lowest BCUT2D eigenvalue weighted by atomic mass is 10.0. The monoisotopic (exact) mass is 297 g/mol. The maximum atomic E-state index is 11.3. The number of carboxylic acids is 1. The van der Waals surface area contributed by atoms with Gasteiger partial charge in [-0.05, 0) is 24.3 Å². The van der Waals surface area contributed by atoms with Crippen molar-refractivity contribution in [3.05, 3.63) is 58.7 Å². The van der Waals surface area contributed by atoms with Gasteiger partial charge in [-0.3, -0.25) is 4.79 Å². The normalized spacial score (nSPS) is 10.5. The SMILES string of the molecule is Nc1nc(-c2ccco2)c(-c2ccc(=O)[nH]c2)cc1C(=O)O. The highest BCUT2D eigenvalue weighted by atomic mass is 16.4. The van der Waals surface area contributed by atoms with E-state index in [4.69, 9.17) is 10.2 Å². The molecule has 0 unspecified atom stereocenters. The number of aromatic nitrogens is 2. The molecule has 3 rings (SSSR count). The second kappa shape index (κ2) is 5.21. The lowest BCUT2D eigenvalue weighted by molar-refractivity contribution is 0.0698. The van der Waals surface area contributed by atoms with Crippen LogP contribution in [0.2, 0.25) is 0 Å². The van der Waals surface area contributed by atoms with Crippen LogP contribution in [0.25, 0.3) is 22.6 Å². The van der Waals surface area contributed by atoms with E-state index < -0.39 is 5.97 Å². The van der Waals surface area contributed by atoms with Gasteiger partial charge in [0.05, 0.1) is 6.26 Å². The summed E-state index contributed by atoms with van der Waals surface area (Å²) in [5.41, 5.74) is 6.83. The smallest absolute Gasteiger partial charge is 0.339 e. The first-order chi connectivity index (χ1) is 10.6. The molecule has 0 radical (unpaired) electrons. The average Bonchev–Trinajstić information content (AvgIpc) is 3.02. The van der Waals surface area contributed by atoms with E-state index in [1.807, 2.05) is 0 Å². The number of hydrogen-bond donors (Lipinski definition) is 3. The fraction of sp³-hybridized carbons (Fsp3) is 0. The Labute approximate surface area is 124 Å². The fourth-order valence-electron chi connectivity index (χ4n) is 2.10. The number of nitrogens with one attached hydrogen (secondary N) is 1. The number of aromatic amines is 1. The van der Waals surface area contributed by atoms with E-state index in [2.05, 4.69) is 9.97 Å². The average molecular weight is 297 g/mol. The summed E-state index contributed by atoms with van der Waals surface area (Å²) in [7, 11) is 0. The molecule has 7 nitrogen and oxygen atoms in total. The zero-order chi connectivity index (χ0) is 15.7. The molecule has 3 heterocycles. The Bertz CT molecular complexity index is 877. The second-order valence-electron chi connectivity index (χ2n) is 4.54. The highest BCUT2D eigenvalue weighted by molar-refractivity contribution is 5.96. The van der Waals surface area contributed by atoms with Crippen LogP contribution in [0.1, 0.15) is 10.4 Å². The van der Waals surface area contributed by atoms with Crippen LogP contribution in [-0.2, 0) is 0 Å². The van der Waals surface area contributed by atoms with E-state index in [-0.39, 0.29) is 16.9 Å². The number of nitrogens with zero attached hydrogens (tertiary/aromatic N) is 1. The van der Waals surface area contributed by atoms with E-state index in [9.17, 15) is 14.7 Å². The molecule has 7 heteroatoms. The molecule has 110 valence electrons. The van der Waals surface area contributed by atoms with Crippen LogP contribution in [0, 0.1) is 0 Å². The predicted octanol–water partition coefficient (Wildman–Crippen LogP) is 1.98. The summed E-state index contributed by atoms with van der Waals surface area (Å²) in [5, 5.41) is 9.20. The minimum Gasteiger partial charge on any atom is -0.478 e. The van der Waals surface area contributed by atoms with E-state index in [0.29, 0.717) is 22.6 Å². The number of furan rings is 1. The van der Waals surface area contributed by atoms with Crippen LogP contribution >= 0.6 is 0 Å². The molecule has 0 bridgehead atoms. The van der Waals surface area contributed by atoms with Crippen molar-refractivity contribution in [3.8, 4) is 22.6 Å². The standard InChI is InChI=1S/C15H11N3O4/c16-14-10(15(20)21)6-9(8-3-4-12(19)17-7-8)13(18-14)11-2-1-5-22-11/h1-7H,(H2,16,18)(H,17,19)(H,20,21). The predicted molar refractivity (Wildman–Crippen MR) is 79.4 cm³/mol. The van der Waals surface area contributed by atoms with Gasteiger partial charge < -0.3 is 20.2 Å². The van der Waals surface area contributed by atoms with Gasteiger partial charge in [0.15, 0.2) is 5.76 Å². The highest BCUT2D eigenvalue weighted by Crippen LogP contribution is 2.32. The van der Waals surface area contributed by atoms with Crippen LogP contribution in [0.15, 0.2) is 52.0 Å². The number of nitrogens with two attached hydrogens (primary N) is 1. The van der Waals surface area contributed by atoms with Crippen LogP contribution in [0.4, 0.5) is 5.82 Å². The van der Waals surface area contributed by atoms with E-state index >= 15 is 0 Å². The van der Waals surface area contributed by atoms with Crippen LogP contribution in [0.3, 0.4) is 0 Å². The number of carbonyl (C=O) groups is 1. The summed E-state index contributed by atoms with van der Waals surface area (Å²) in [5.74, 6) is -0.835. The molecule has 0 aromatic carbocycles. The van der Waals surface area contributed by atoms with Gasteiger partial charge in [-0.15, -0.1) is 0 Å². The topological polar surface area (TPSA) is 122 Å². The largest absolute Gasteiger partial charge is 0.478 e.